The highest BCUT2D eigenvalue weighted by Crippen LogP contribution is 2.34. The molecule has 0 unspecified atom stereocenters. The summed E-state index contributed by atoms with van der Waals surface area (Å²) in [6, 6.07) is 10.0. The zero-order valence-corrected chi connectivity index (χ0v) is 13.7. The van der Waals surface area contributed by atoms with E-state index in [1.807, 2.05) is 0 Å². The highest BCUT2D eigenvalue weighted by molar-refractivity contribution is 7.91. The van der Waals surface area contributed by atoms with Gasteiger partial charge in [0.25, 0.3) is 0 Å². The van der Waals surface area contributed by atoms with Gasteiger partial charge in [-0.2, -0.15) is 13.2 Å². The predicted molar refractivity (Wildman–Crippen MR) is 82.1 cm³/mol. The summed E-state index contributed by atoms with van der Waals surface area (Å²) in [6.07, 6.45) is -4.54. The van der Waals surface area contributed by atoms with Crippen LogP contribution >= 0.6 is 0 Å². The van der Waals surface area contributed by atoms with Crippen LogP contribution in [0.4, 0.5) is 13.2 Å². The Morgan fingerprint density at radius 3 is 2.25 bits per heavy atom. The Kier molecular flexibility index (Phi) is 5.19. The molecular weight excluding hydrogens is 343 g/mol. The Bertz CT molecular complexity index is 802. The van der Waals surface area contributed by atoms with Crippen molar-refractivity contribution in [2.45, 2.75) is 16.3 Å². The summed E-state index contributed by atoms with van der Waals surface area (Å²) in [5, 5.41) is -1.16. The Morgan fingerprint density at radius 2 is 1.75 bits per heavy atom. The second-order valence-corrected chi connectivity index (χ2v) is 7.25. The summed E-state index contributed by atoms with van der Waals surface area (Å²) in [5.74, 6) is 0.485. The van der Waals surface area contributed by atoms with Crippen molar-refractivity contribution < 1.29 is 32.1 Å². The number of ether oxygens (including phenoxy) is 1. The van der Waals surface area contributed by atoms with Crippen molar-refractivity contribution in [3.8, 4) is 5.75 Å². The molecule has 0 spiro atoms. The lowest BCUT2D eigenvalue weighted by atomic mass is 10.1. The van der Waals surface area contributed by atoms with Crippen LogP contribution in [-0.4, -0.2) is 22.1 Å². The van der Waals surface area contributed by atoms with Crippen LogP contribution in [0.2, 0.25) is 0 Å². The fourth-order valence-electron chi connectivity index (χ4n) is 2.35. The smallest absolute Gasteiger partial charge is 0.416 e. The first-order valence-corrected chi connectivity index (χ1v) is 8.59. The molecule has 0 aliphatic carbocycles. The van der Waals surface area contributed by atoms with Crippen LogP contribution in [-0.2, 0) is 16.0 Å². The summed E-state index contributed by atoms with van der Waals surface area (Å²) in [4.78, 5) is 0.00867. The Hall–Kier alpha value is -2.06. The fourth-order valence-corrected chi connectivity index (χ4v) is 4.01. The number of benzene rings is 2. The minimum absolute atomic E-state index is 0.00867. The van der Waals surface area contributed by atoms with Gasteiger partial charge in [-0.25, -0.2) is 8.42 Å². The summed E-state index contributed by atoms with van der Waals surface area (Å²) in [5.41, 5.74) is 2.77. The summed E-state index contributed by atoms with van der Waals surface area (Å²) < 4.78 is 69.1. The molecule has 24 heavy (non-hydrogen) atoms. The van der Waals surface area contributed by atoms with E-state index >= 15 is 0 Å². The first-order chi connectivity index (χ1) is 11.2. The van der Waals surface area contributed by atoms with E-state index in [2.05, 4.69) is 5.73 Å². The van der Waals surface area contributed by atoms with E-state index in [0.717, 1.165) is 12.1 Å². The van der Waals surface area contributed by atoms with E-state index in [1.165, 1.54) is 43.5 Å². The molecule has 2 rings (SSSR count). The SMILES string of the molecule is COc1ccc(S(=O)(=O)[C@@H](C[NH3+])c2cccc(C(F)(F)F)c2)cc1. The standard InChI is InChI=1S/C16H16F3NO3S/c1-23-13-5-7-14(8-6-13)24(21,22)15(10-20)11-3-2-4-12(9-11)16(17,18)19/h2-9,15H,10,20H2,1H3/p+1/t15-/m0/s1. The van der Waals surface area contributed by atoms with Crippen LogP contribution in [0.5, 0.6) is 5.75 Å². The monoisotopic (exact) mass is 360 g/mol. The van der Waals surface area contributed by atoms with E-state index in [1.54, 1.807) is 0 Å². The topological polar surface area (TPSA) is 71.0 Å². The number of sulfone groups is 1. The highest BCUT2D eigenvalue weighted by Gasteiger charge is 2.34. The first kappa shape index (κ1) is 18.3. The molecular formula is C16H17F3NO3S+. The molecule has 3 N–H and O–H groups in total. The van der Waals surface area contributed by atoms with Gasteiger partial charge in [0.2, 0.25) is 0 Å². The summed E-state index contributed by atoms with van der Waals surface area (Å²) in [7, 11) is -2.43. The van der Waals surface area contributed by atoms with Crippen molar-refractivity contribution >= 4 is 9.84 Å². The molecule has 2 aromatic carbocycles. The zero-order valence-electron chi connectivity index (χ0n) is 12.9. The third-order valence-electron chi connectivity index (χ3n) is 3.61. The number of hydrogen-bond acceptors (Lipinski definition) is 3. The average molecular weight is 360 g/mol. The molecule has 0 amide bonds. The van der Waals surface area contributed by atoms with Crippen molar-refractivity contribution in [1.82, 2.24) is 0 Å². The van der Waals surface area contributed by atoms with Gasteiger partial charge in [-0.1, -0.05) is 18.2 Å². The Morgan fingerprint density at radius 1 is 1.12 bits per heavy atom. The molecule has 0 aliphatic heterocycles. The van der Waals surface area contributed by atoms with E-state index in [-0.39, 0.29) is 17.0 Å². The van der Waals surface area contributed by atoms with Gasteiger partial charge in [0, 0.05) is 0 Å². The minimum Gasteiger partial charge on any atom is -0.497 e. The van der Waals surface area contributed by atoms with Crippen molar-refractivity contribution in [3.05, 3.63) is 59.7 Å². The number of hydrogen-bond donors (Lipinski definition) is 1. The third-order valence-corrected chi connectivity index (χ3v) is 5.80. The highest BCUT2D eigenvalue weighted by atomic mass is 32.2. The lowest BCUT2D eigenvalue weighted by Gasteiger charge is -2.16. The van der Waals surface area contributed by atoms with Crippen LogP contribution in [0, 0.1) is 0 Å². The number of rotatable bonds is 5. The first-order valence-electron chi connectivity index (χ1n) is 7.04. The van der Waals surface area contributed by atoms with Crippen LogP contribution in [0.25, 0.3) is 0 Å². The molecule has 0 radical (unpaired) electrons. The third kappa shape index (κ3) is 3.70. The maximum atomic E-state index is 12.9. The molecule has 0 saturated carbocycles. The van der Waals surface area contributed by atoms with E-state index in [0.29, 0.717) is 5.75 Å². The van der Waals surface area contributed by atoms with Crippen molar-refractivity contribution in [3.63, 3.8) is 0 Å². The molecule has 0 aromatic heterocycles. The lowest BCUT2D eigenvalue weighted by molar-refractivity contribution is -0.367. The van der Waals surface area contributed by atoms with Crippen molar-refractivity contribution in [2.75, 3.05) is 13.7 Å². The normalized spacial score (nSPS) is 13.5. The summed E-state index contributed by atoms with van der Waals surface area (Å²) >= 11 is 0. The van der Waals surface area contributed by atoms with Gasteiger partial charge >= 0.3 is 6.18 Å². The second kappa shape index (κ2) is 6.82. The van der Waals surface area contributed by atoms with Gasteiger partial charge in [0.05, 0.1) is 24.1 Å². The molecule has 0 aliphatic rings. The van der Waals surface area contributed by atoms with Gasteiger partial charge in [-0.05, 0) is 35.9 Å². The van der Waals surface area contributed by atoms with E-state index in [4.69, 9.17) is 4.74 Å². The average Bonchev–Trinajstić information content (AvgIpc) is 2.55. The molecule has 0 saturated heterocycles. The minimum atomic E-state index is -4.54. The van der Waals surface area contributed by atoms with Crippen LogP contribution in [0.1, 0.15) is 16.4 Å². The van der Waals surface area contributed by atoms with Crippen molar-refractivity contribution in [2.24, 2.45) is 0 Å². The van der Waals surface area contributed by atoms with Gasteiger partial charge < -0.3 is 10.5 Å². The molecule has 8 heteroatoms. The van der Waals surface area contributed by atoms with Crippen LogP contribution < -0.4 is 10.5 Å². The van der Waals surface area contributed by atoms with Gasteiger partial charge in [0.15, 0.2) is 9.84 Å². The maximum absolute atomic E-state index is 12.9. The van der Waals surface area contributed by atoms with Gasteiger partial charge in [-0.3, -0.25) is 0 Å². The maximum Gasteiger partial charge on any atom is 0.416 e. The van der Waals surface area contributed by atoms with Gasteiger partial charge in [0.1, 0.15) is 11.0 Å². The van der Waals surface area contributed by atoms with Crippen LogP contribution in [0.15, 0.2) is 53.4 Å². The van der Waals surface area contributed by atoms with E-state index < -0.39 is 26.8 Å². The van der Waals surface area contributed by atoms with Crippen LogP contribution in [0.3, 0.4) is 0 Å². The quantitative estimate of drug-likeness (QED) is 0.890. The zero-order chi connectivity index (χ0) is 18.0. The summed E-state index contributed by atoms with van der Waals surface area (Å²) in [6.45, 7) is -0.0876. The van der Waals surface area contributed by atoms with E-state index in [9.17, 15) is 21.6 Å². The molecule has 2 aromatic rings. The Labute approximate surface area is 138 Å². The molecule has 0 fully saturated rings. The lowest BCUT2D eigenvalue weighted by Crippen LogP contribution is -2.54. The molecule has 0 heterocycles. The van der Waals surface area contributed by atoms with Crippen molar-refractivity contribution in [1.29, 1.82) is 0 Å². The molecule has 1 atom stereocenters. The number of halogens is 3. The number of alkyl halides is 3. The second-order valence-electron chi connectivity index (χ2n) is 5.12. The molecule has 130 valence electrons. The largest absolute Gasteiger partial charge is 0.497 e. The number of quaternary nitrogens is 1. The fraction of sp³-hybridized carbons (Fsp3) is 0.250. The molecule has 0 bridgehead atoms. The number of methoxy groups -OCH3 is 1. The molecule has 4 nitrogen and oxygen atoms in total. The predicted octanol–water partition coefficient (Wildman–Crippen LogP) is 2.47. The Balaban J connectivity index is 2.46. The van der Waals surface area contributed by atoms with Gasteiger partial charge in [-0.15, -0.1) is 0 Å².